The van der Waals surface area contributed by atoms with E-state index in [1.165, 1.54) is 62.5 Å². The van der Waals surface area contributed by atoms with Crippen molar-refractivity contribution in [3.05, 3.63) is 35.4 Å². The molecule has 1 aromatic carbocycles. The predicted molar refractivity (Wildman–Crippen MR) is 92.6 cm³/mol. The third-order valence-electron chi connectivity index (χ3n) is 5.04. The van der Waals surface area contributed by atoms with Crippen LogP contribution >= 0.6 is 0 Å². The highest BCUT2D eigenvalue weighted by molar-refractivity contribution is 5.25. The maximum Gasteiger partial charge on any atom is 0.0294 e. The van der Waals surface area contributed by atoms with Gasteiger partial charge in [-0.25, -0.2) is 0 Å². The van der Waals surface area contributed by atoms with Gasteiger partial charge in [0, 0.05) is 12.1 Å². The van der Waals surface area contributed by atoms with Crippen LogP contribution < -0.4 is 5.32 Å². The third-order valence-corrected chi connectivity index (χ3v) is 5.04. The monoisotopic (exact) mass is 287 g/mol. The minimum atomic E-state index is 0.476. The highest BCUT2D eigenvalue weighted by atomic mass is 14.9. The van der Waals surface area contributed by atoms with Crippen molar-refractivity contribution in [2.75, 3.05) is 0 Å². The summed E-state index contributed by atoms with van der Waals surface area (Å²) in [6.07, 6.45) is 10.7. The van der Waals surface area contributed by atoms with Crippen molar-refractivity contribution in [3.63, 3.8) is 0 Å². The summed E-state index contributed by atoms with van der Waals surface area (Å²) in [7, 11) is 0. The summed E-state index contributed by atoms with van der Waals surface area (Å²) in [4.78, 5) is 0. The van der Waals surface area contributed by atoms with Gasteiger partial charge in [0.25, 0.3) is 0 Å². The first kappa shape index (κ1) is 16.5. The largest absolute Gasteiger partial charge is 0.307 e. The maximum absolute atomic E-state index is 3.86. The van der Waals surface area contributed by atoms with Crippen LogP contribution in [0.2, 0.25) is 0 Å². The van der Waals surface area contributed by atoms with E-state index in [1.54, 1.807) is 0 Å². The summed E-state index contributed by atoms with van der Waals surface area (Å²) in [5, 5.41) is 3.86. The molecule has 0 aliphatic heterocycles. The number of hydrogen-bond donors (Lipinski definition) is 1. The molecule has 0 radical (unpaired) electrons. The Kier molecular flexibility index (Phi) is 6.76. The van der Waals surface area contributed by atoms with Crippen molar-refractivity contribution in [2.24, 2.45) is 5.92 Å². The molecule has 1 N–H and O–H groups in total. The Balaban J connectivity index is 1.85. The molecule has 0 aromatic heterocycles. The summed E-state index contributed by atoms with van der Waals surface area (Å²) < 4.78 is 0. The van der Waals surface area contributed by atoms with Gasteiger partial charge in [-0.05, 0) is 56.1 Å². The molecular weight excluding hydrogens is 254 g/mol. The van der Waals surface area contributed by atoms with E-state index in [2.05, 4.69) is 50.4 Å². The number of unbranched alkanes of at least 4 members (excludes halogenated alkanes) is 1. The molecule has 1 aliphatic rings. The molecule has 2 rings (SSSR count). The maximum atomic E-state index is 3.86. The Labute approximate surface area is 131 Å². The zero-order valence-corrected chi connectivity index (χ0v) is 14.2. The molecule has 3 unspecified atom stereocenters. The molecule has 0 amide bonds. The van der Waals surface area contributed by atoms with Crippen molar-refractivity contribution in [3.8, 4) is 0 Å². The van der Waals surface area contributed by atoms with Crippen LogP contribution in [0.3, 0.4) is 0 Å². The number of aryl methyl sites for hydroxylation is 1. The van der Waals surface area contributed by atoms with Crippen LogP contribution in [0.5, 0.6) is 0 Å². The summed E-state index contributed by atoms with van der Waals surface area (Å²) in [5.74, 6) is 0.921. The average Bonchev–Trinajstić information content (AvgIpc) is 2.70. The number of benzene rings is 1. The lowest BCUT2D eigenvalue weighted by molar-refractivity contribution is 0.408. The fraction of sp³-hybridized carbons (Fsp3) is 0.700. The van der Waals surface area contributed by atoms with E-state index in [4.69, 9.17) is 0 Å². The zero-order valence-electron chi connectivity index (χ0n) is 14.2. The fourth-order valence-electron chi connectivity index (χ4n) is 3.46. The molecule has 0 saturated heterocycles. The van der Waals surface area contributed by atoms with Crippen LogP contribution in [0, 0.1) is 5.92 Å². The van der Waals surface area contributed by atoms with E-state index in [0.717, 1.165) is 5.92 Å². The summed E-state index contributed by atoms with van der Waals surface area (Å²) in [6.45, 7) is 6.98. The van der Waals surface area contributed by atoms with E-state index in [1.807, 2.05) is 0 Å². The summed E-state index contributed by atoms with van der Waals surface area (Å²) in [6, 6.07) is 10.5. The van der Waals surface area contributed by atoms with Crippen LogP contribution in [0.15, 0.2) is 24.3 Å². The van der Waals surface area contributed by atoms with Gasteiger partial charge < -0.3 is 5.32 Å². The normalized spacial score (nSPS) is 24.5. The molecular formula is C20H33N. The molecule has 1 aromatic rings. The highest BCUT2D eigenvalue weighted by Gasteiger charge is 2.18. The van der Waals surface area contributed by atoms with Gasteiger partial charge in [-0.2, -0.15) is 0 Å². The molecule has 0 spiro atoms. The molecule has 1 nitrogen and oxygen atoms in total. The summed E-state index contributed by atoms with van der Waals surface area (Å²) >= 11 is 0. The second-order valence-corrected chi connectivity index (χ2v) is 7.04. The second kappa shape index (κ2) is 8.58. The van der Waals surface area contributed by atoms with E-state index in [9.17, 15) is 0 Å². The molecule has 1 heteroatoms. The van der Waals surface area contributed by atoms with Crippen LogP contribution in [-0.4, -0.2) is 6.04 Å². The molecule has 3 atom stereocenters. The van der Waals surface area contributed by atoms with Crippen molar-refractivity contribution >= 4 is 0 Å². The Bertz CT molecular complexity index is 395. The highest BCUT2D eigenvalue weighted by Crippen LogP contribution is 2.25. The second-order valence-electron chi connectivity index (χ2n) is 7.04. The minimum Gasteiger partial charge on any atom is -0.307 e. The summed E-state index contributed by atoms with van der Waals surface area (Å²) in [5.41, 5.74) is 2.92. The Hall–Kier alpha value is -0.820. The fourth-order valence-corrected chi connectivity index (χ4v) is 3.46. The van der Waals surface area contributed by atoms with Gasteiger partial charge in [0.1, 0.15) is 0 Å². The van der Waals surface area contributed by atoms with Crippen LogP contribution in [0.25, 0.3) is 0 Å². The molecule has 0 heterocycles. The zero-order chi connectivity index (χ0) is 15.1. The number of nitrogens with one attached hydrogen (secondary N) is 1. The topological polar surface area (TPSA) is 12.0 Å². The quantitative estimate of drug-likeness (QED) is 0.667. The van der Waals surface area contributed by atoms with Gasteiger partial charge in [-0.1, -0.05) is 57.4 Å². The standard InChI is InChI=1S/C20H33N/c1-4-5-8-18-11-13-19(14-12-18)17(3)21-20-9-6-7-16(2)10-15-20/h11-14,16-17,20-21H,4-10,15H2,1-3H3. The molecule has 1 fully saturated rings. The molecule has 21 heavy (non-hydrogen) atoms. The van der Waals surface area contributed by atoms with Gasteiger partial charge in [0.05, 0.1) is 0 Å². The first-order valence-electron chi connectivity index (χ1n) is 9.04. The Morgan fingerprint density at radius 3 is 2.57 bits per heavy atom. The lowest BCUT2D eigenvalue weighted by Crippen LogP contribution is -2.31. The van der Waals surface area contributed by atoms with Crippen LogP contribution in [0.4, 0.5) is 0 Å². The van der Waals surface area contributed by atoms with Gasteiger partial charge in [-0.15, -0.1) is 0 Å². The van der Waals surface area contributed by atoms with Gasteiger partial charge >= 0.3 is 0 Å². The molecule has 1 saturated carbocycles. The van der Waals surface area contributed by atoms with Crippen molar-refractivity contribution in [1.29, 1.82) is 0 Å². The lowest BCUT2D eigenvalue weighted by atomic mass is 10.0. The van der Waals surface area contributed by atoms with Gasteiger partial charge in [0.15, 0.2) is 0 Å². The van der Waals surface area contributed by atoms with E-state index in [0.29, 0.717) is 12.1 Å². The third kappa shape index (κ3) is 5.47. The number of hydrogen-bond acceptors (Lipinski definition) is 1. The smallest absolute Gasteiger partial charge is 0.0294 e. The van der Waals surface area contributed by atoms with E-state index in [-0.39, 0.29) is 0 Å². The molecule has 0 bridgehead atoms. The Morgan fingerprint density at radius 1 is 1.10 bits per heavy atom. The lowest BCUT2D eigenvalue weighted by Gasteiger charge is -2.22. The SMILES string of the molecule is CCCCc1ccc(C(C)NC2CCCC(C)CC2)cc1. The van der Waals surface area contributed by atoms with Crippen LogP contribution in [0.1, 0.15) is 82.9 Å². The van der Waals surface area contributed by atoms with Crippen molar-refractivity contribution in [2.45, 2.75) is 84.2 Å². The van der Waals surface area contributed by atoms with Crippen molar-refractivity contribution in [1.82, 2.24) is 5.32 Å². The average molecular weight is 287 g/mol. The number of rotatable bonds is 6. The first-order chi connectivity index (χ1) is 10.2. The van der Waals surface area contributed by atoms with Gasteiger partial charge in [0.2, 0.25) is 0 Å². The molecule has 118 valence electrons. The Morgan fingerprint density at radius 2 is 1.86 bits per heavy atom. The van der Waals surface area contributed by atoms with Gasteiger partial charge in [-0.3, -0.25) is 0 Å². The molecule has 1 aliphatic carbocycles. The van der Waals surface area contributed by atoms with Crippen molar-refractivity contribution < 1.29 is 0 Å². The minimum absolute atomic E-state index is 0.476. The van der Waals surface area contributed by atoms with E-state index < -0.39 is 0 Å². The predicted octanol–water partition coefficient (Wildman–Crippen LogP) is 5.65. The van der Waals surface area contributed by atoms with Crippen LogP contribution in [-0.2, 0) is 6.42 Å². The first-order valence-corrected chi connectivity index (χ1v) is 9.04. The van der Waals surface area contributed by atoms with E-state index >= 15 is 0 Å².